The van der Waals surface area contributed by atoms with Crippen LogP contribution in [-0.2, 0) is 22.7 Å². The lowest BCUT2D eigenvalue weighted by Crippen LogP contribution is -2.75. The van der Waals surface area contributed by atoms with Crippen LogP contribution in [-0.4, -0.2) is 75.1 Å². The third-order valence-corrected chi connectivity index (χ3v) is 6.15. The molecule has 0 aliphatic carbocycles. The zero-order valence-electron chi connectivity index (χ0n) is 19.7. The van der Waals surface area contributed by atoms with E-state index in [1.54, 1.807) is 64.5 Å². The van der Waals surface area contributed by atoms with E-state index in [4.69, 9.17) is 4.42 Å². The molecule has 1 aromatic carbocycles. The van der Waals surface area contributed by atoms with Crippen molar-refractivity contribution < 1.29 is 23.9 Å². The van der Waals surface area contributed by atoms with E-state index in [1.165, 1.54) is 5.01 Å². The Labute approximate surface area is 198 Å². The second kappa shape index (κ2) is 9.76. The number of carbonyl (C=O) groups is 3. The summed E-state index contributed by atoms with van der Waals surface area (Å²) in [6, 6.07) is 9.13. The predicted octanol–water partition coefficient (Wildman–Crippen LogP) is 1.97. The normalized spacial score (nSPS) is 21.2. The van der Waals surface area contributed by atoms with Gasteiger partial charge in [0.2, 0.25) is 11.8 Å². The molecule has 0 spiro atoms. The topological polar surface area (TPSA) is 110 Å². The molecule has 1 unspecified atom stereocenters. The van der Waals surface area contributed by atoms with Crippen molar-refractivity contribution in [3.05, 3.63) is 54.0 Å². The molecule has 182 valence electrons. The summed E-state index contributed by atoms with van der Waals surface area (Å²) in [5, 5.41) is 15.5. The highest BCUT2D eigenvalue weighted by atomic mass is 16.3. The van der Waals surface area contributed by atoms with Gasteiger partial charge in [0.25, 0.3) is 0 Å². The molecule has 3 heterocycles. The highest BCUT2D eigenvalue weighted by molar-refractivity contribution is 5.91. The Bertz CT molecular complexity index is 1020. The molecule has 10 heteroatoms. The number of furan rings is 1. The fraction of sp³-hybridized carbons (Fsp3) is 0.458. The third-order valence-electron chi connectivity index (χ3n) is 6.15. The lowest BCUT2D eigenvalue weighted by molar-refractivity contribution is -0.188. The molecule has 2 atom stereocenters. The van der Waals surface area contributed by atoms with Crippen LogP contribution in [0, 0.1) is 5.92 Å². The Hall–Kier alpha value is -3.53. The van der Waals surface area contributed by atoms with Crippen molar-refractivity contribution in [3.8, 4) is 5.75 Å². The number of urea groups is 1. The summed E-state index contributed by atoms with van der Waals surface area (Å²) in [6.07, 6.45) is 1.42. The molecule has 2 saturated heterocycles. The number of likely N-dealkylation sites (N-methyl/N-ethyl adjacent to an activating group) is 1. The minimum absolute atomic E-state index is 0.00316. The maximum atomic E-state index is 13.4. The van der Waals surface area contributed by atoms with Gasteiger partial charge in [-0.2, -0.15) is 0 Å². The standard InChI is InChI=1S/C24H31N5O5/c1-16(2)11-20-23(32)27(13-19-5-4-10-34-19)14-21-28(20)22(31)15-26(3)29(21)24(33)25-12-17-6-8-18(30)9-7-17/h4-10,16,20-21,30H,11-15H2,1-3H3,(H,25,33)/t20-,21?/m0/s1. The summed E-state index contributed by atoms with van der Waals surface area (Å²) < 4.78 is 5.45. The van der Waals surface area contributed by atoms with Gasteiger partial charge in [0.15, 0.2) is 0 Å². The van der Waals surface area contributed by atoms with Crippen molar-refractivity contribution in [2.45, 2.75) is 45.6 Å². The first-order valence-electron chi connectivity index (χ1n) is 11.4. The molecule has 2 aliphatic rings. The average molecular weight is 470 g/mol. The van der Waals surface area contributed by atoms with Gasteiger partial charge in [-0.05, 0) is 42.2 Å². The van der Waals surface area contributed by atoms with Gasteiger partial charge < -0.3 is 24.6 Å². The summed E-state index contributed by atoms with van der Waals surface area (Å²) >= 11 is 0. The van der Waals surface area contributed by atoms with Gasteiger partial charge in [0.05, 0.1) is 25.9 Å². The van der Waals surface area contributed by atoms with Crippen LogP contribution >= 0.6 is 0 Å². The lowest BCUT2D eigenvalue weighted by atomic mass is 9.97. The molecule has 2 fully saturated rings. The van der Waals surface area contributed by atoms with Crippen LogP contribution in [0.3, 0.4) is 0 Å². The first-order chi connectivity index (χ1) is 16.2. The van der Waals surface area contributed by atoms with E-state index in [0.717, 1.165) is 5.56 Å². The summed E-state index contributed by atoms with van der Waals surface area (Å²) in [6.45, 7) is 4.73. The Morgan fingerprint density at radius 2 is 1.94 bits per heavy atom. The molecule has 4 rings (SSSR count). The number of phenolic OH excluding ortho intramolecular Hbond substituents is 1. The zero-order chi connectivity index (χ0) is 24.4. The summed E-state index contributed by atoms with van der Waals surface area (Å²) in [5.41, 5.74) is 0.828. The van der Waals surface area contributed by atoms with Gasteiger partial charge in [-0.25, -0.2) is 14.8 Å². The van der Waals surface area contributed by atoms with E-state index < -0.39 is 12.2 Å². The minimum atomic E-state index is -0.651. The minimum Gasteiger partial charge on any atom is -0.508 e. The third kappa shape index (κ3) is 4.86. The second-order valence-electron chi connectivity index (χ2n) is 9.21. The van der Waals surface area contributed by atoms with E-state index in [-0.39, 0.29) is 55.7 Å². The monoisotopic (exact) mass is 469 g/mol. The van der Waals surface area contributed by atoms with Gasteiger partial charge in [0.1, 0.15) is 23.7 Å². The van der Waals surface area contributed by atoms with Gasteiger partial charge >= 0.3 is 6.03 Å². The Kier molecular flexibility index (Phi) is 6.78. The number of phenols is 1. The molecular weight excluding hydrogens is 438 g/mol. The van der Waals surface area contributed by atoms with Crippen LogP contribution in [0.15, 0.2) is 47.1 Å². The number of nitrogens with zero attached hydrogens (tertiary/aromatic N) is 4. The van der Waals surface area contributed by atoms with Crippen LogP contribution < -0.4 is 5.32 Å². The van der Waals surface area contributed by atoms with Gasteiger partial charge in [-0.3, -0.25) is 9.59 Å². The molecule has 2 aromatic rings. The van der Waals surface area contributed by atoms with E-state index in [0.29, 0.717) is 12.2 Å². The van der Waals surface area contributed by atoms with Crippen molar-refractivity contribution in [2.75, 3.05) is 20.1 Å². The molecule has 0 bridgehead atoms. The summed E-state index contributed by atoms with van der Waals surface area (Å²) in [5.74, 6) is 0.668. The number of benzene rings is 1. The number of hydrogen-bond donors (Lipinski definition) is 2. The molecule has 0 radical (unpaired) electrons. The zero-order valence-corrected chi connectivity index (χ0v) is 19.7. The molecule has 4 amide bonds. The molecule has 34 heavy (non-hydrogen) atoms. The number of amides is 4. The number of fused-ring (bicyclic) bond motifs is 1. The molecule has 0 saturated carbocycles. The molecule has 1 aromatic heterocycles. The maximum absolute atomic E-state index is 13.4. The second-order valence-corrected chi connectivity index (χ2v) is 9.21. The number of nitrogens with one attached hydrogen (secondary N) is 1. The number of hydrogen-bond acceptors (Lipinski definition) is 6. The van der Waals surface area contributed by atoms with Crippen LogP contribution in [0.25, 0.3) is 0 Å². The van der Waals surface area contributed by atoms with Crippen LogP contribution in [0.2, 0.25) is 0 Å². The van der Waals surface area contributed by atoms with E-state index in [9.17, 15) is 19.5 Å². The molecule has 2 N–H and O–H groups in total. The van der Waals surface area contributed by atoms with Crippen LogP contribution in [0.5, 0.6) is 5.75 Å². The highest BCUT2D eigenvalue weighted by Crippen LogP contribution is 2.29. The quantitative estimate of drug-likeness (QED) is 0.670. The van der Waals surface area contributed by atoms with Crippen molar-refractivity contribution in [1.29, 1.82) is 0 Å². The Morgan fingerprint density at radius 1 is 1.21 bits per heavy atom. The summed E-state index contributed by atoms with van der Waals surface area (Å²) in [7, 11) is 1.69. The highest BCUT2D eigenvalue weighted by Gasteiger charge is 2.50. The van der Waals surface area contributed by atoms with E-state index >= 15 is 0 Å². The number of rotatable bonds is 6. The fourth-order valence-corrected chi connectivity index (χ4v) is 4.59. The van der Waals surface area contributed by atoms with Gasteiger partial charge in [-0.15, -0.1) is 0 Å². The van der Waals surface area contributed by atoms with Crippen LogP contribution in [0.1, 0.15) is 31.6 Å². The van der Waals surface area contributed by atoms with Crippen molar-refractivity contribution >= 4 is 17.8 Å². The first kappa shape index (κ1) is 23.6. The smallest absolute Gasteiger partial charge is 0.334 e. The predicted molar refractivity (Wildman–Crippen MR) is 123 cm³/mol. The Morgan fingerprint density at radius 3 is 2.59 bits per heavy atom. The Balaban J connectivity index is 1.59. The van der Waals surface area contributed by atoms with Gasteiger partial charge in [0, 0.05) is 13.6 Å². The largest absolute Gasteiger partial charge is 0.508 e. The maximum Gasteiger partial charge on any atom is 0.334 e. The van der Waals surface area contributed by atoms with Crippen molar-refractivity contribution in [1.82, 2.24) is 25.1 Å². The van der Waals surface area contributed by atoms with Crippen molar-refractivity contribution in [2.24, 2.45) is 5.92 Å². The number of piperazine rings is 1. The molecule has 10 nitrogen and oxygen atoms in total. The van der Waals surface area contributed by atoms with E-state index in [2.05, 4.69) is 5.32 Å². The SMILES string of the molecule is CC(C)C[C@H]1C(=O)N(Cc2ccco2)CC2N1C(=O)CN(C)N2C(=O)NCc1ccc(O)cc1. The number of aromatic hydroxyl groups is 1. The average Bonchev–Trinajstić information content (AvgIpc) is 3.29. The fourth-order valence-electron chi connectivity index (χ4n) is 4.59. The lowest BCUT2D eigenvalue weighted by Gasteiger charge is -2.54. The summed E-state index contributed by atoms with van der Waals surface area (Å²) in [4.78, 5) is 43.1. The molecule has 2 aliphatic heterocycles. The molecular formula is C24H31N5O5. The number of carbonyl (C=O) groups excluding carboxylic acids is 3. The van der Waals surface area contributed by atoms with Crippen LogP contribution in [0.4, 0.5) is 4.79 Å². The van der Waals surface area contributed by atoms with Gasteiger partial charge in [-0.1, -0.05) is 26.0 Å². The van der Waals surface area contributed by atoms with Crippen molar-refractivity contribution in [3.63, 3.8) is 0 Å². The first-order valence-corrected chi connectivity index (χ1v) is 11.4. The van der Waals surface area contributed by atoms with E-state index in [1.807, 2.05) is 13.8 Å². The number of hydrazine groups is 1.